The Morgan fingerprint density at radius 1 is 1.36 bits per heavy atom. The van der Waals surface area contributed by atoms with Gasteiger partial charge in [-0.25, -0.2) is 9.66 Å². The van der Waals surface area contributed by atoms with Gasteiger partial charge in [0.15, 0.2) is 11.5 Å². The molecule has 1 aromatic heterocycles. The van der Waals surface area contributed by atoms with Crippen LogP contribution in [0.3, 0.4) is 0 Å². The monoisotopic (exact) mass is 315 g/mol. The highest BCUT2D eigenvalue weighted by atomic mass is 35.5. The largest absolute Gasteiger partial charge is 0.503 e. The average molecular weight is 316 g/mol. The highest BCUT2D eigenvalue weighted by molar-refractivity contribution is 6.32. The third-order valence-corrected chi connectivity index (χ3v) is 3.40. The Labute approximate surface area is 132 Å². The van der Waals surface area contributed by atoms with E-state index < -0.39 is 0 Å². The molecular formula is C16H14ClN3O2. The van der Waals surface area contributed by atoms with E-state index >= 15 is 0 Å². The fraction of sp³-hybridized carbons (Fsp3) is 0.125. The number of fused-ring (bicyclic) bond motifs is 1. The minimum absolute atomic E-state index is 0.0613. The van der Waals surface area contributed by atoms with Crippen LogP contribution in [-0.4, -0.2) is 27.6 Å². The Bertz CT molecular complexity index is 843. The molecule has 0 aliphatic carbocycles. The van der Waals surface area contributed by atoms with Gasteiger partial charge in [-0.3, -0.25) is 0 Å². The lowest BCUT2D eigenvalue weighted by Gasteiger charge is -2.08. The molecule has 0 aliphatic rings. The van der Waals surface area contributed by atoms with Gasteiger partial charge in [0.25, 0.3) is 0 Å². The molecular weight excluding hydrogens is 302 g/mol. The lowest BCUT2D eigenvalue weighted by molar-refractivity contribution is 0.318. The van der Waals surface area contributed by atoms with Crippen LogP contribution in [0.5, 0.6) is 11.5 Å². The molecule has 0 spiro atoms. The van der Waals surface area contributed by atoms with Gasteiger partial charge in [0, 0.05) is 0 Å². The van der Waals surface area contributed by atoms with Gasteiger partial charge in [0.1, 0.15) is 6.33 Å². The lowest BCUT2D eigenvalue weighted by atomic mass is 10.2. The van der Waals surface area contributed by atoms with Crippen LogP contribution in [0.4, 0.5) is 0 Å². The fourth-order valence-electron chi connectivity index (χ4n) is 2.10. The summed E-state index contributed by atoms with van der Waals surface area (Å²) < 4.78 is 7.03. The van der Waals surface area contributed by atoms with E-state index in [1.54, 1.807) is 29.4 Å². The molecule has 0 fully saturated rings. The third kappa shape index (κ3) is 2.76. The predicted molar refractivity (Wildman–Crippen MR) is 87.0 cm³/mol. The third-order valence-electron chi connectivity index (χ3n) is 3.12. The van der Waals surface area contributed by atoms with Crippen molar-refractivity contribution in [1.82, 2.24) is 9.66 Å². The Hall–Kier alpha value is -2.53. The number of phenolic OH excluding ortho intramolecular Hbond substituents is 1. The maximum Gasteiger partial charge on any atom is 0.176 e. The molecule has 0 atom stereocenters. The first-order chi connectivity index (χ1) is 10.7. The minimum atomic E-state index is -0.0613. The molecule has 0 amide bonds. The van der Waals surface area contributed by atoms with Gasteiger partial charge in [-0.1, -0.05) is 23.7 Å². The summed E-state index contributed by atoms with van der Waals surface area (Å²) in [6.45, 7) is 2.28. The molecule has 6 heteroatoms. The van der Waals surface area contributed by atoms with Gasteiger partial charge >= 0.3 is 0 Å². The van der Waals surface area contributed by atoms with Crippen molar-refractivity contribution < 1.29 is 9.84 Å². The summed E-state index contributed by atoms with van der Waals surface area (Å²) in [5.41, 5.74) is 2.51. The van der Waals surface area contributed by atoms with Crippen LogP contribution in [0.25, 0.3) is 11.0 Å². The van der Waals surface area contributed by atoms with E-state index in [1.165, 1.54) is 0 Å². The topological polar surface area (TPSA) is 59.6 Å². The summed E-state index contributed by atoms with van der Waals surface area (Å²) in [5.74, 6) is 0.278. The number of nitrogens with zero attached hydrogens (tertiary/aromatic N) is 3. The lowest BCUT2D eigenvalue weighted by Crippen LogP contribution is -1.95. The quantitative estimate of drug-likeness (QED) is 0.747. The summed E-state index contributed by atoms with van der Waals surface area (Å²) in [7, 11) is 0. The normalized spacial score (nSPS) is 11.4. The van der Waals surface area contributed by atoms with Gasteiger partial charge in [-0.05, 0) is 36.8 Å². The molecule has 22 heavy (non-hydrogen) atoms. The molecule has 0 saturated carbocycles. The van der Waals surface area contributed by atoms with Crippen molar-refractivity contribution >= 4 is 28.8 Å². The Kier molecular flexibility index (Phi) is 3.98. The first-order valence-electron chi connectivity index (χ1n) is 6.81. The zero-order chi connectivity index (χ0) is 15.5. The molecule has 3 aromatic rings. The highest BCUT2D eigenvalue weighted by Gasteiger charge is 2.08. The molecule has 5 nitrogen and oxygen atoms in total. The number of para-hydroxylation sites is 2. The first kappa shape index (κ1) is 14.4. The van der Waals surface area contributed by atoms with E-state index in [4.69, 9.17) is 16.3 Å². The SMILES string of the molecule is CCOc1cc(/C=N/n2cnc3ccccc32)cc(Cl)c1O. The molecule has 0 radical (unpaired) electrons. The maximum absolute atomic E-state index is 9.83. The Balaban J connectivity index is 1.95. The van der Waals surface area contributed by atoms with E-state index in [2.05, 4.69) is 10.1 Å². The van der Waals surface area contributed by atoms with Crippen molar-refractivity contribution in [2.75, 3.05) is 6.61 Å². The number of hydrogen-bond donors (Lipinski definition) is 1. The number of benzene rings is 2. The number of hydrogen-bond acceptors (Lipinski definition) is 4. The van der Waals surface area contributed by atoms with Crippen molar-refractivity contribution in [1.29, 1.82) is 0 Å². The van der Waals surface area contributed by atoms with Crippen LogP contribution in [0.1, 0.15) is 12.5 Å². The van der Waals surface area contributed by atoms with Crippen molar-refractivity contribution in [2.24, 2.45) is 5.10 Å². The molecule has 0 saturated heterocycles. The molecule has 0 bridgehead atoms. The van der Waals surface area contributed by atoms with E-state index in [9.17, 15) is 5.11 Å². The molecule has 3 rings (SSSR count). The van der Waals surface area contributed by atoms with Crippen LogP contribution in [-0.2, 0) is 0 Å². The van der Waals surface area contributed by atoms with Crippen molar-refractivity contribution in [3.05, 3.63) is 53.3 Å². The number of ether oxygens (including phenoxy) is 1. The van der Waals surface area contributed by atoms with Crippen molar-refractivity contribution in [2.45, 2.75) is 6.92 Å². The van der Waals surface area contributed by atoms with Gasteiger partial charge in [-0.2, -0.15) is 5.10 Å². The number of rotatable bonds is 4. The number of halogens is 1. The van der Waals surface area contributed by atoms with E-state index in [1.807, 2.05) is 31.2 Å². The second kappa shape index (κ2) is 6.07. The Morgan fingerprint density at radius 3 is 3.00 bits per heavy atom. The minimum Gasteiger partial charge on any atom is -0.503 e. The maximum atomic E-state index is 9.83. The van der Waals surface area contributed by atoms with Crippen LogP contribution < -0.4 is 4.74 Å². The zero-order valence-corrected chi connectivity index (χ0v) is 12.7. The fourth-order valence-corrected chi connectivity index (χ4v) is 2.32. The summed E-state index contributed by atoms with van der Waals surface area (Å²) >= 11 is 6.00. The summed E-state index contributed by atoms with van der Waals surface area (Å²) in [6, 6.07) is 11.0. The van der Waals surface area contributed by atoms with Crippen molar-refractivity contribution in [3.63, 3.8) is 0 Å². The van der Waals surface area contributed by atoms with Gasteiger partial charge < -0.3 is 9.84 Å². The highest BCUT2D eigenvalue weighted by Crippen LogP contribution is 2.34. The van der Waals surface area contributed by atoms with Crippen LogP contribution in [0.2, 0.25) is 5.02 Å². The first-order valence-corrected chi connectivity index (χ1v) is 7.18. The van der Waals surface area contributed by atoms with Gasteiger partial charge in [0.05, 0.1) is 28.9 Å². The van der Waals surface area contributed by atoms with E-state index in [-0.39, 0.29) is 10.8 Å². The van der Waals surface area contributed by atoms with E-state index in [0.717, 1.165) is 16.6 Å². The summed E-state index contributed by atoms with van der Waals surface area (Å²) in [4.78, 5) is 4.27. The van der Waals surface area contributed by atoms with Crippen LogP contribution >= 0.6 is 11.6 Å². The number of imidazole rings is 1. The number of aromatic hydroxyl groups is 1. The molecule has 0 unspecified atom stereocenters. The Morgan fingerprint density at radius 2 is 2.18 bits per heavy atom. The van der Waals surface area contributed by atoms with Gasteiger partial charge in [0.2, 0.25) is 0 Å². The molecule has 2 aromatic carbocycles. The standard InChI is InChI=1S/C16H14ClN3O2/c1-2-22-15-8-11(7-12(17)16(15)21)9-19-20-10-18-13-5-3-4-6-14(13)20/h3-10,21H,2H2,1H3/b19-9+. The predicted octanol–water partition coefficient (Wildman–Crippen LogP) is 3.68. The molecule has 1 heterocycles. The molecule has 112 valence electrons. The number of phenols is 1. The smallest absolute Gasteiger partial charge is 0.176 e. The van der Waals surface area contributed by atoms with Crippen LogP contribution in [0.15, 0.2) is 47.8 Å². The van der Waals surface area contributed by atoms with Gasteiger partial charge in [-0.15, -0.1) is 0 Å². The zero-order valence-electron chi connectivity index (χ0n) is 11.9. The summed E-state index contributed by atoms with van der Waals surface area (Å²) in [5, 5.41) is 14.4. The van der Waals surface area contributed by atoms with E-state index in [0.29, 0.717) is 12.4 Å². The second-order valence-electron chi connectivity index (χ2n) is 4.60. The van der Waals surface area contributed by atoms with Crippen molar-refractivity contribution in [3.8, 4) is 11.5 Å². The average Bonchev–Trinajstić information content (AvgIpc) is 2.93. The summed E-state index contributed by atoms with van der Waals surface area (Å²) in [6.07, 6.45) is 3.29. The van der Waals surface area contributed by atoms with Crippen LogP contribution in [0, 0.1) is 0 Å². The molecule has 1 N–H and O–H groups in total. The number of aromatic nitrogens is 2. The molecule has 0 aliphatic heterocycles. The second-order valence-corrected chi connectivity index (χ2v) is 5.01.